The van der Waals surface area contributed by atoms with E-state index in [1.165, 1.54) is 65.2 Å². The average Bonchev–Trinajstić information content (AvgIpc) is 4.16. The second-order valence-electron chi connectivity index (χ2n) is 17.3. The number of fused-ring (bicyclic) bond motifs is 15. The molecule has 5 nitrogen and oxygen atoms in total. The van der Waals surface area contributed by atoms with Crippen LogP contribution in [0, 0.1) is 0 Å². The molecular formula is C60H36N4O. The molecule has 0 aliphatic heterocycles. The molecule has 0 aliphatic carbocycles. The molecule has 15 rings (SSSR count). The van der Waals surface area contributed by atoms with Crippen molar-refractivity contribution in [1.82, 2.24) is 18.3 Å². The summed E-state index contributed by atoms with van der Waals surface area (Å²) in [7, 11) is 0. The van der Waals surface area contributed by atoms with E-state index in [0.29, 0.717) is 0 Å². The van der Waals surface area contributed by atoms with Gasteiger partial charge in [-0.2, -0.15) is 0 Å². The zero-order valence-electron chi connectivity index (χ0n) is 35.0. The first-order valence-electron chi connectivity index (χ1n) is 22.3. The molecule has 0 atom stereocenters. The Morgan fingerprint density at radius 1 is 0.246 bits per heavy atom. The third kappa shape index (κ3) is 4.65. The lowest BCUT2D eigenvalue weighted by Gasteiger charge is -2.15. The summed E-state index contributed by atoms with van der Waals surface area (Å²) < 4.78 is 16.7. The molecule has 5 aromatic heterocycles. The van der Waals surface area contributed by atoms with Crippen LogP contribution >= 0.6 is 0 Å². The summed E-state index contributed by atoms with van der Waals surface area (Å²) in [6, 6.07) is 79.6. The van der Waals surface area contributed by atoms with Crippen molar-refractivity contribution in [2.24, 2.45) is 0 Å². The van der Waals surface area contributed by atoms with Gasteiger partial charge in [-0.05, 0) is 84.9 Å². The van der Waals surface area contributed by atoms with Crippen molar-refractivity contribution in [3.63, 3.8) is 0 Å². The molecule has 65 heavy (non-hydrogen) atoms. The lowest BCUT2D eigenvalue weighted by molar-refractivity contribution is 0.666. The van der Waals surface area contributed by atoms with Gasteiger partial charge in [0.15, 0.2) is 5.58 Å². The summed E-state index contributed by atoms with van der Waals surface area (Å²) in [5, 5.41) is 11.9. The van der Waals surface area contributed by atoms with Crippen molar-refractivity contribution in [2.45, 2.75) is 0 Å². The van der Waals surface area contributed by atoms with Crippen molar-refractivity contribution in [2.75, 3.05) is 0 Å². The van der Waals surface area contributed by atoms with E-state index >= 15 is 0 Å². The van der Waals surface area contributed by atoms with E-state index in [1.54, 1.807) is 0 Å². The first-order valence-corrected chi connectivity index (χ1v) is 22.3. The van der Waals surface area contributed by atoms with Gasteiger partial charge in [0.2, 0.25) is 0 Å². The Kier molecular flexibility index (Phi) is 6.89. The summed E-state index contributed by atoms with van der Waals surface area (Å²) >= 11 is 0. The second-order valence-corrected chi connectivity index (χ2v) is 17.3. The highest BCUT2D eigenvalue weighted by atomic mass is 16.3. The molecule has 5 heterocycles. The van der Waals surface area contributed by atoms with E-state index in [4.69, 9.17) is 4.42 Å². The van der Waals surface area contributed by atoms with Gasteiger partial charge in [0.25, 0.3) is 0 Å². The van der Waals surface area contributed by atoms with Crippen LogP contribution < -0.4 is 0 Å². The van der Waals surface area contributed by atoms with Gasteiger partial charge in [-0.15, -0.1) is 0 Å². The molecule has 0 amide bonds. The average molecular weight is 829 g/mol. The number of hydrogen-bond donors (Lipinski definition) is 0. The van der Waals surface area contributed by atoms with Crippen molar-refractivity contribution >= 4 is 109 Å². The highest BCUT2D eigenvalue weighted by molar-refractivity contribution is 6.24. The molecular weight excluding hydrogens is 793 g/mol. The minimum atomic E-state index is 0.874. The van der Waals surface area contributed by atoms with E-state index in [1.807, 2.05) is 6.07 Å². The molecule has 0 saturated heterocycles. The van der Waals surface area contributed by atoms with Crippen LogP contribution in [0.25, 0.3) is 132 Å². The van der Waals surface area contributed by atoms with E-state index in [2.05, 4.69) is 231 Å². The van der Waals surface area contributed by atoms with Crippen LogP contribution in [0.15, 0.2) is 223 Å². The van der Waals surface area contributed by atoms with Crippen LogP contribution in [-0.2, 0) is 0 Å². The van der Waals surface area contributed by atoms with E-state index in [-0.39, 0.29) is 0 Å². The number of nitrogens with zero attached hydrogens (tertiary/aromatic N) is 4. The van der Waals surface area contributed by atoms with Gasteiger partial charge in [0.1, 0.15) is 5.58 Å². The first kappa shape index (κ1) is 34.7. The van der Waals surface area contributed by atoms with Gasteiger partial charge in [-0.3, -0.25) is 0 Å². The Morgan fingerprint density at radius 3 is 1.22 bits per heavy atom. The molecule has 10 aromatic carbocycles. The second kappa shape index (κ2) is 12.9. The summed E-state index contributed by atoms with van der Waals surface area (Å²) in [4.78, 5) is 0. The lowest BCUT2D eigenvalue weighted by Crippen LogP contribution is -2.01. The highest BCUT2D eigenvalue weighted by Crippen LogP contribution is 2.46. The number of para-hydroxylation sites is 8. The third-order valence-corrected chi connectivity index (χ3v) is 13.9. The minimum absolute atomic E-state index is 0.874. The molecule has 0 spiro atoms. The monoisotopic (exact) mass is 828 g/mol. The smallest absolute Gasteiger partial charge is 0.159 e. The maximum absolute atomic E-state index is 6.80. The van der Waals surface area contributed by atoms with Crippen LogP contribution in [0.5, 0.6) is 0 Å². The Labute approximate surface area is 371 Å². The van der Waals surface area contributed by atoms with Crippen LogP contribution in [0.2, 0.25) is 0 Å². The van der Waals surface area contributed by atoms with Gasteiger partial charge in [-0.25, -0.2) is 0 Å². The molecule has 302 valence electrons. The Morgan fingerprint density at radius 2 is 0.646 bits per heavy atom. The molecule has 0 unspecified atom stereocenters. The Bertz CT molecular complexity index is 4290. The number of hydrogen-bond acceptors (Lipinski definition) is 1. The van der Waals surface area contributed by atoms with Crippen molar-refractivity contribution < 1.29 is 4.42 Å². The maximum Gasteiger partial charge on any atom is 0.159 e. The number of benzene rings is 10. The molecule has 0 aliphatic rings. The molecule has 0 bridgehead atoms. The topological polar surface area (TPSA) is 32.9 Å². The fourth-order valence-corrected chi connectivity index (χ4v) is 11.2. The zero-order chi connectivity index (χ0) is 42.3. The Balaban J connectivity index is 1.15. The molecule has 15 aromatic rings. The van der Waals surface area contributed by atoms with Gasteiger partial charge in [0, 0.05) is 65.2 Å². The van der Waals surface area contributed by atoms with E-state index in [0.717, 1.165) is 66.8 Å². The SMILES string of the molecule is c1ccc(-n2c3ccccc3c3cc4c(cc32)c2cc3c(cc2n4-c2cccc4c5ccccc5n(-c5cccc6c5oc5ccccc56)c24)c2ccccc2n3-c2ccccc2)cc1. The maximum atomic E-state index is 6.80. The Hall–Kier alpha value is -8.80. The van der Waals surface area contributed by atoms with Gasteiger partial charge in [0.05, 0.1) is 55.5 Å². The number of furan rings is 1. The predicted molar refractivity (Wildman–Crippen MR) is 271 cm³/mol. The fraction of sp³-hybridized carbons (Fsp3) is 0. The van der Waals surface area contributed by atoms with Crippen molar-refractivity contribution in [3.05, 3.63) is 218 Å². The number of aromatic nitrogens is 4. The summed E-state index contributed by atoms with van der Waals surface area (Å²) in [5.74, 6) is 0. The molecule has 0 fully saturated rings. The van der Waals surface area contributed by atoms with Crippen LogP contribution in [0.3, 0.4) is 0 Å². The van der Waals surface area contributed by atoms with Crippen molar-refractivity contribution in [3.8, 4) is 22.7 Å². The highest BCUT2D eigenvalue weighted by Gasteiger charge is 2.25. The molecule has 5 heteroatoms. The van der Waals surface area contributed by atoms with Gasteiger partial charge in [-0.1, -0.05) is 133 Å². The summed E-state index contributed by atoms with van der Waals surface area (Å²) in [5.41, 5.74) is 15.4. The molecule has 0 radical (unpaired) electrons. The fourth-order valence-electron chi connectivity index (χ4n) is 11.2. The zero-order valence-corrected chi connectivity index (χ0v) is 35.0. The van der Waals surface area contributed by atoms with Crippen molar-refractivity contribution in [1.29, 1.82) is 0 Å². The van der Waals surface area contributed by atoms with E-state index < -0.39 is 0 Å². The largest absolute Gasteiger partial charge is 0.454 e. The minimum Gasteiger partial charge on any atom is -0.454 e. The van der Waals surface area contributed by atoms with Gasteiger partial charge >= 0.3 is 0 Å². The normalized spacial score (nSPS) is 12.3. The first-order chi connectivity index (χ1) is 32.3. The standard InChI is InChI=1S/C60H36N4O/c1-3-17-37(18-4-1)61-49-27-11-8-22-40(49)45-33-56-47(35-54(45)61)48-36-55-46(41-23-9-12-28-50(41)62(55)38-19-5-2-6-20-38)34-57(48)63(56)52-30-15-25-43-39-21-7-13-29-51(39)64(59(43)52)53-31-16-26-44-42-24-10-14-32-58(42)65-60(44)53/h1-36H. The van der Waals surface area contributed by atoms with Crippen LogP contribution in [0.1, 0.15) is 0 Å². The lowest BCUT2D eigenvalue weighted by atomic mass is 10.1. The third-order valence-electron chi connectivity index (χ3n) is 13.9. The predicted octanol–water partition coefficient (Wildman–Crippen LogP) is 16.0. The van der Waals surface area contributed by atoms with Crippen LogP contribution in [-0.4, -0.2) is 18.3 Å². The quantitative estimate of drug-likeness (QED) is 0.174. The van der Waals surface area contributed by atoms with E-state index in [9.17, 15) is 0 Å². The van der Waals surface area contributed by atoms with Gasteiger partial charge < -0.3 is 22.7 Å². The number of rotatable bonds is 4. The molecule has 0 N–H and O–H groups in total. The molecule has 0 saturated carbocycles. The summed E-state index contributed by atoms with van der Waals surface area (Å²) in [6.07, 6.45) is 0. The van der Waals surface area contributed by atoms with Crippen LogP contribution in [0.4, 0.5) is 0 Å². The summed E-state index contributed by atoms with van der Waals surface area (Å²) in [6.45, 7) is 0.